The maximum absolute atomic E-state index is 13.2. The van der Waals surface area contributed by atoms with Gasteiger partial charge in [-0.25, -0.2) is 4.39 Å². The lowest BCUT2D eigenvalue weighted by molar-refractivity contribution is -0.143. The highest BCUT2D eigenvalue weighted by Gasteiger charge is 2.10. The fourth-order valence-corrected chi connectivity index (χ4v) is 1.25. The number of carbonyl (C=O) groups excluding carboxylic acids is 1. The number of carbonyl (C=O) groups is 1. The predicted octanol–water partition coefficient (Wildman–Crippen LogP) is 2.03. The van der Waals surface area contributed by atoms with Crippen LogP contribution in [0.4, 0.5) is 4.39 Å². The van der Waals surface area contributed by atoms with E-state index in [4.69, 9.17) is 4.74 Å². The highest BCUT2D eigenvalue weighted by Crippen LogP contribution is 2.21. The second kappa shape index (κ2) is 5.34. The molecule has 82 valence electrons. The lowest BCUT2D eigenvalue weighted by Crippen LogP contribution is -2.06. The van der Waals surface area contributed by atoms with Crippen LogP contribution in [0.15, 0.2) is 18.2 Å². The van der Waals surface area contributed by atoms with Crippen LogP contribution in [-0.4, -0.2) is 17.7 Å². The van der Waals surface area contributed by atoms with Gasteiger partial charge in [0, 0.05) is 12.0 Å². The summed E-state index contributed by atoms with van der Waals surface area (Å²) >= 11 is 0. The van der Waals surface area contributed by atoms with Crippen molar-refractivity contribution in [3.63, 3.8) is 0 Å². The summed E-state index contributed by atoms with van der Waals surface area (Å²) in [6.07, 6.45) is 0.222. The van der Waals surface area contributed by atoms with Gasteiger partial charge in [-0.05, 0) is 25.5 Å². The first-order chi connectivity index (χ1) is 7.15. The summed E-state index contributed by atoms with van der Waals surface area (Å²) in [6, 6.07) is 4.06. The molecule has 0 unspecified atom stereocenters. The number of phenols is 1. The smallest absolute Gasteiger partial charge is 0.306 e. The summed E-state index contributed by atoms with van der Waals surface area (Å²) in [5.74, 6) is -1.02. The zero-order valence-electron chi connectivity index (χ0n) is 8.50. The summed E-state index contributed by atoms with van der Waals surface area (Å²) in [5.41, 5.74) is 0.158. The van der Waals surface area contributed by atoms with Crippen LogP contribution in [0.1, 0.15) is 18.9 Å². The van der Waals surface area contributed by atoms with E-state index in [0.717, 1.165) is 0 Å². The summed E-state index contributed by atoms with van der Waals surface area (Å²) in [4.78, 5) is 11.0. The van der Waals surface area contributed by atoms with Crippen molar-refractivity contribution in [3.05, 3.63) is 29.6 Å². The van der Waals surface area contributed by atoms with Crippen molar-refractivity contribution in [2.75, 3.05) is 6.61 Å². The van der Waals surface area contributed by atoms with Gasteiger partial charge in [-0.15, -0.1) is 0 Å². The third kappa shape index (κ3) is 3.23. The van der Waals surface area contributed by atoms with Crippen LogP contribution in [0.2, 0.25) is 0 Å². The van der Waals surface area contributed by atoms with Crippen molar-refractivity contribution in [1.82, 2.24) is 0 Å². The molecule has 0 saturated heterocycles. The van der Waals surface area contributed by atoms with Crippen LogP contribution in [0.3, 0.4) is 0 Å². The average Bonchev–Trinajstić information content (AvgIpc) is 2.17. The molecule has 0 saturated carbocycles. The number of halogens is 1. The van der Waals surface area contributed by atoms with Crippen LogP contribution in [0.25, 0.3) is 0 Å². The van der Waals surface area contributed by atoms with Gasteiger partial charge in [0.1, 0.15) is 11.6 Å². The topological polar surface area (TPSA) is 46.5 Å². The number of esters is 1. The fourth-order valence-electron chi connectivity index (χ4n) is 1.25. The molecule has 0 fully saturated rings. The van der Waals surface area contributed by atoms with E-state index in [0.29, 0.717) is 6.61 Å². The summed E-state index contributed by atoms with van der Waals surface area (Å²) in [5, 5.41) is 9.34. The van der Waals surface area contributed by atoms with E-state index in [-0.39, 0.29) is 30.1 Å². The number of ether oxygens (including phenoxy) is 1. The maximum Gasteiger partial charge on any atom is 0.306 e. The van der Waals surface area contributed by atoms with E-state index < -0.39 is 5.82 Å². The lowest BCUT2D eigenvalue weighted by atomic mass is 10.1. The van der Waals surface area contributed by atoms with Gasteiger partial charge >= 0.3 is 5.97 Å². The molecule has 0 bridgehead atoms. The molecule has 0 spiro atoms. The lowest BCUT2D eigenvalue weighted by Gasteiger charge is -2.05. The summed E-state index contributed by atoms with van der Waals surface area (Å²) in [7, 11) is 0. The zero-order valence-corrected chi connectivity index (χ0v) is 8.50. The molecule has 0 aliphatic heterocycles. The Hall–Kier alpha value is -1.58. The molecule has 1 aromatic carbocycles. The minimum atomic E-state index is -0.501. The molecule has 0 amide bonds. The van der Waals surface area contributed by atoms with Gasteiger partial charge in [0.2, 0.25) is 0 Å². The second-order valence-electron chi connectivity index (χ2n) is 3.04. The summed E-state index contributed by atoms with van der Waals surface area (Å²) in [6.45, 7) is 2.01. The van der Waals surface area contributed by atoms with E-state index in [1.807, 2.05) is 0 Å². The SMILES string of the molecule is CCOC(=O)CCc1c(O)cccc1F. The molecule has 3 nitrogen and oxygen atoms in total. The van der Waals surface area contributed by atoms with Gasteiger partial charge in [-0.1, -0.05) is 6.07 Å². The summed E-state index contributed by atoms with van der Waals surface area (Å²) < 4.78 is 17.9. The van der Waals surface area contributed by atoms with E-state index in [1.54, 1.807) is 6.92 Å². The fraction of sp³-hybridized carbons (Fsp3) is 0.364. The molecular weight excluding hydrogens is 199 g/mol. The quantitative estimate of drug-likeness (QED) is 0.777. The Balaban J connectivity index is 2.61. The molecule has 1 rings (SSSR count). The van der Waals surface area contributed by atoms with Gasteiger partial charge in [0.25, 0.3) is 0 Å². The standard InChI is InChI=1S/C11H13FO3/c1-2-15-11(14)7-6-8-9(12)4-3-5-10(8)13/h3-5,13H,2,6-7H2,1H3. The highest BCUT2D eigenvalue weighted by molar-refractivity contribution is 5.69. The Morgan fingerprint density at radius 1 is 1.53 bits per heavy atom. The Kier molecular flexibility index (Phi) is 4.09. The average molecular weight is 212 g/mol. The minimum Gasteiger partial charge on any atom is -0.508 e. The molecule has 15 heavy (non-hydrogen) atoms. The third-order valence-electron chi connectivity index (χ3n) is 1.98. The Bertz CT molecular complexity index is 329. The first kappa shape index (κ1) is 11.5. The van der Waals surface area contributed by atoms with Crippen LogP contribution in [0.5, 0.6) is 5.75 Å². The number of benzene rings is 1. The van der Waals surface area contributed by atoms with Crippen molar-refractivity contribution < 1.29 is 19.0 Å². The number of hydrogen-bond donors (Lipinski definition) is 1. The van der Waals surface area contributed by atoms with E-state index >= 15 is 0 Å². The molecule has 4 heteroatoms. The number of phenolic OH excluding ortho intramolecular Hbond substituents is 1. The first-order valence-corrected chi connectivity index (χ1v) is 4.77. The van der Waals surface area contributed by atoms with Crippen molar-refractivity contribution >= 4 is 5.97 Å². The number of hydrogen-bond acceptors (Lipinski definition) is 3. The molecule has 1 aromatic rings. The van der Waals surface area contributed by atoms with Gasteiger partial charge in [0.15, 0.2) is 0 Å². The maximum atomic E-state index is 13.2. The van der Waals surface area contributed by atoms with Crippen LogP contribution in [0, 0.1) is 5.82 Å². The zero-order chi connectivity index (χ0) is 11.3. The molecule has 0 aliphatic rings. The van der Waals surface area contributed by atoms with Gasteiger partial charge < -0.3 is 9.84 Å². The predicted molar refractivity (Wildman–Crippen MR) is 53.0 cm³/mol. The molecule has 0 heterocycles. The van der Waals surface area contributed by atoms with E-state index in [9.17, 15) is 14.3 Å². The van der Waals surface area contributed by atoms with Gasteiger partial charge in [-0.2, -0.15) is 0 Å². The largest absolute Gasteiger partial charge is 0.508 e. The molecule has 0 radical (unpaired) electrons. The molecule has 1 N–H and O–H groups in total. The van der Waals surface area contributed by atoms with Crippen LogP contribution >= 0.6 is 0 Å². The molecular formula is C11H13FO3. The normalized spacial score (nSPS) is 10.0. The van der Waals surface area contributed by atoms with Crippen molar-refractivity contribution in [1.29, 1.82) is 0 Å². The van der Waals surface area contributed by atoms with Crippen molar-refractivity contribution in [2.24, 2.45) is 0 Å². The first-order valence-electron chi connectivity index (χ1n) is 4.77. The van der Waals surface area contributed by atoms with Crippen LogP contribution < -0.4 is 0 Å². The molecule has 0 aromatic heterocycles. The van der Waals surface area contributed by atoms with E-state index in [1.165, 1.54) is 18.2 Å². The molecule has 0 atom stereocenters. The monoisotopic (exact) mass is 212 g/mol. The Morgan fingerprint density at radius 2 is 2.27 bits per heavy atom. The van der Waals surface area contributed by atoms with Gasteiger partial charge in [0.05, 0.1) is 6.61 Å². The van der Waals surface area contributed by atoms with Crippen molar-refractivity contribution in [2.45, 2.75) is 19.8 Å². The third-order valence-corrected chi connectivity index (χ3v) is 1.98. The second-order valence-corrected chi connectivity index (χ2v) is 3.04. The molecule has 0 aliphatic carbocycles. The number of rotatable bonds is 4. The van der Waals surface area contributed by atoms with E-state index in [2.05, 4.69) is 0 Å². The number of aromatic hydroxyl groups is 1. The highest BCUT2D eigenvalue weighted by atomic mass is 19.1. The Labute approximate surface area is 87.5 Å². The van der Waals surface area contributed by atoms with Crippen molar-refractivity contribution in [3.8, 4) is 5.75 Å². The van der Waals surface area contributed by atoms with Crippen LogP contribution in [-0.2, 0) is 16.0 Å². The Morgan fingerprint density at radius 3 is 2.87 bits per heavy atom. The van der Waals surface area contributed by atoms with Gasteiger partial charge in [-0.3, -0.25) is 4.79 Å². The minimum absolute atomic E-state index is 0.0718.